The molecule has 0 fully saturated rings. The number of benzene rings is 1. The fourth-order valence-corrected chi connectivity index (χ4v) is 2.68. The topological polar surface area (TPSA) is 54.7 Å². The number of nitrogens with one attached hydrogen (secondary N) is 1. The van der Waals surface area contributed by atoms with Crippen LogP contribution in [-0.4, -0.2) is 9.97 Å². The second-order valence-electron chi connectivity index (χ2n) is 4.12. The van der Waals surface area contributed by atoms with Gasteiger partial charge in [0.15, 0.2) is 0 Å². The average molecular weight is 273 g/mol. The number of thiophene rings is 1. The van der Waals surface area contributed by atoms with Crippen molar-refractivity contribution in [2.75, 3.05) is 0 Å². The first-order valence-corrected chi connectivity index (χ1v) is 6.68. The number of hydrogen-bond acceptors (Lipinski definition) is 3. The highest BCUT2D eigenvalue weighted by molar-refractivity contribution is 7.15. The number of rotatable bonds is 3. The van der Waals surface area contributed by atoms with Gasteiger partial charge in [-0.3, -0.25) is 0 Å². The second kappa shape index (κ2) is 4.95. The summed E-state index contributed by atoms with van der Waals surface area (Å²) in [5, 5.41) is 0. The molecule has 3 nitrogen and oxygen atoms in total. The Labute approximate surface area is 113 Å². The highest BCUT2D eigenvalue weighted by Crippen LogP contribution is 2.27. The fourth-order valence-electron chi connectivity index (χ4n) is 1.84. The molecule has 2 heterocycles. The van der Waals surface area contributed by atoms with Crippen molar-refractivity contribution >= 4 is 11.3 Å². The summed E-state index contributed by atoms with van der Waals surface area (Å²) in [4.78, 5) is 9.76. The van der Waals surface area contributed by atoms with E-state index in [0.717, 1.165) is 26.8 Å². The first-order valence-electron chi connectivity index (χ1n) is 5.86. The Bertz CT molecular complexity index is 685. The van der Waals surface area contributed by atoms with Gasteiger partial charge in [-0.15, -0.1) is 11.3 Å². The molecular weight excluding hydrogens is 261 g/mol. The van der Waals surface area contributed by atoms with Gasteiger partial charge in [0.1, 0.15) is 11.6 Å². The Morgan fingerprint density at radius 1 is 1.16 bits per heavy atom. The van der Waals surface area contributed by atoms with Gasteiger partial charge in [-0.25, -0.2) is 9.37 Å². The van der Waals surface area contributed by atoms with Crippen LogP contribution in [0.4, 0.5) is 4.39 Å². The average Bonchev–Trinajstić information content (AvgIpc) is 3.08. The Morgan fingerprint density at radius 2 is 1.95 bits per heavy atom. The van der Waals surface area contributed by atoms with E-state index in [1.165, 1.54) is 12.1 Å². The van der Waals surface area contributed by atoms with E-state index in [2.05, 4.69) is 9.97 Å². The zero-order valence-corrected chi connectivity index (χ0v) is 10.9. The molecule has 3 N–H and O–H groups in total. The van der Waals surface area contributed by atoms with Crippen molar-refractivity contribution in [2.45, 2.75) is 6.54 Å². The lowest BCUT2D eigenvalue weighted by Gasteiger charge is -1.96. The number of aromatic nitrogens is 2. The van der Waals surface area contributed by atoms with Gasteiger partial charge >= 0.3 is 0 Å². The van der Waals surface area contributed by atoms with Crippen LogP contribution in [0.3, 0.4) is 0 Å². The Hall–Kier alpha value is -1.98. The van der Waals surface area contributed by atoms with Gasteiger partial charge in [-0.1, -0.05) is 0 Å². The summed E-state index contributed by atoms with van der Waals surface area (Å²) < 4.78 is 12.9. The fraction of sp³-hybridized carbons (Fsp3) is 0.0714. The molecule has 0 atom stereocenters. The first-order chi connectivity index (χ1) is 9.26. The van der Waals surface area contributed by atoms with Gasteiger partial charge in [0.2, 0.25) is 0 Å². The minimum atomic E-state index is -0.241. The maximum Gasteiger partial charge on any atom is 0.147 e. The number of aromatic amines is 1. The molecule has 0 aliphatic carbocycles. The van der Waals surface area contributed by atoms with Gasteiger partial charge in [-0.05, 0) is 42.0 Å². The summed E-state index contributed by atoms with van der Waals surface area (Å²) >= 11 is 1.62. The van der Waals surface area contributed by atoms with Crippen LogP contribution in [0.15, 0.2) is 42.6 Å². The lowest BCUT2D eigenvalue weighted by molar-refractivity contribution is 0.628. The normalized spacial score (nSPS) is 10.8. The second-order valence-corrected chi connectivity index (χ2v) is 5.29. The van der Waals surface area contributed by atoms with Gasteiger partial charge < -0.3 is 10.7 Å². The third kappa shape index (κ3) is 2.43. The Balaban J connectivity index is 1.92. The predicted octanol–water partition coefficient (Wildman–Crippen LogP) is 3.40. The summed E-state index contributed by atoms with van der Waals surface area (Å²) in [7, 11) is 0. The molecule has 0 aliphatic rings. The molecule has 3 rings (SSSR count). The van der Waals surface area contributed by atoms with E-state index in [1.54, 1.807) is 29.7 Å². The predicted molar refractivity (Wildman–Crippen MR) is 75.2 cm³/mol. The summed E-state index contributed by atoms with van der Waals surface area (Å²) in [5.41, 5.74) is 7.38. The van der Waals surface area contributed by atoms with E-state index in [9.17, 15) is 4.39 Å². The number of imidazole rings is 1. The Kier molecular flexibility index (Phi) is 3.15. The van der Waals surface area contributed by atoms with E-state index in [1.807, 2.05) is 12.1 Å². The molecular formula is C14H12FN3S. The summed E-state index contributed by atoms with van der Waals surface area (Å²) in [5.74, 6) is 0.568. The number of H-pyrrole nitrogens is 1. The largest absolute Gasteiger partial charge is 0.337 e. The van der Waals surface area contributed by atoms with Crippen molar-refractivity contribution in [1.82, 2.24) is 9.97 Å². The number of nitrogens with zero attached hydrogens (tertiary/aromatic N) is 1. The molecule has 0 bridgehead atoms. The van der Waals surface area contributed by atoms with Gasteiger partial charge in [0.05, 0.1) is 16.8 Å². The van der Waals surface area contributed by atoms with Crippen molar-refractivity contribution in [1.29, 1.82) is 0 Å². The molecule has 0 aliphatic heterocycles. The molecule has 3 aromatic rings. The van der Waals surface area contributed by atoms with Crippen molar-refractivity contribution in [3.05, 3.63) is 53.3 Å². The van der Waals surface area contributed by atoms with Crippen molar-refractivity contribution in [2.24, 2.45) is 5.73 Å². The minimum Gasteiger partial charge on any atom is -0.337 e. The van der Waals surface area contributed by atoms with Crippen LogP contribution in [0.1, 0.15) is 4.88 Å². The molecule has 0 amide bonds. The van der Waals surface area contributed by atoms with Gasteiger partial charge in [0, 0.05) is 11.4 Å². The van der Waals surface area contributed by atoms with Gasteiger partial charge in [-0.2, -0.15) is 0 Å². The van der Waals surface area contributed by atoms with E-state index >= 15 is 0 Å². The molecule has 0 saturated heterocycles. The lowest BCUT2D eigenvalue weighted by Crippen LogP contribution is -1.91. The monoisotopic (exact) mass is 273 g/mol. The number of nitrogens with two attached hydrogens (primary N) is 1. The minimum absolute atomic E-state index is 0.241. The zero-order chi connectivity index (χ0) is 13.2. The molecule has 1 aromatic carbocycles. The first kappa shape index (κ1) is 12.1. The smallest absolute Gasteiger partial charge is 0.147 e. The molecule has 0 saturated carbocycles. The van der Waals surface area contributed by atoms with E-state index in [0.29, 0.717) is 6.54 Å². The van der Waals surface area contributed by atoms with E-state index < -0.39 is 0 Å². The van der Waals surface area contributed by atoms with Crippen LogP contribution in [0.25, 0.3) is 22.0 Å². The van der Waals surface area contributed by atoms with Crippen molar-refractivity contribution in [3.8, 4) is 22.0 Å². The van der Waals surface area contributed by atoms with Gasteiger partial charge in [0.25, 0.3) is 0 Å². The zero-order valence-electron chi connectivity index (χ0n) is 10.1. The highest BCUT2D eigenvalue weighted by Gasteiger charge is 2.07. The van der Waals surface area contributed by atoms with Crippen LogP contribution in [-0.2, 0) is 6.54 Å². The third-order valence-corrected chi connectivity index (χ3v) is 3.94. The standard InChI is InChI=1S/C14H12FN3S/c15-10-3-1-9(2-4-10)12-8-17-14(18-12)13-6-5-11(7-16)19-13/h1-6,8H,7,16H2,(H,17,18). The summed E-state index contributed by atoms with van der Waals surface area (Å²) in [6.07, 6.45) is 1.75. The SMILES string of the molecule is NCc1ccc(-c2ncc(-c3ccc(F)cc3)[nH]2)s1. The number of halogens is 1. The van der Waals surface area contributed by atoms with Crippen molar-refractivity contribution < 1.29 is 4.39 Å². The van der Waals surface area contributed by atoms with Crippen LogP contribution >= 0.6 is 11.3 Å². The van der Waals surface area contributed by atoms with E-state index in [-0.39, 0.29) is 5.82 Å². The van der Waals surface area contributed by atoms with Crippen LogP contribution in [0, 0.1) is 5.82 Å². The quantitative estimate of drug-likeness (QED) is 0.768. The molecule has 2 aromatic heterocycles. The molecule has 0 radical (unpaired) electrons. The molecule has 0 spiro atoms. The molecule has 96 valence electrons. The third-order valence-electron chi connectivity index (χ3n) is 2.83. The lowest BCUT2D eigenvalue weighted by atomic mass is 10.2. The maximum atomic E-state index is 12.9. The van der Waals surface area contributed by atoms with Crippen LogP contribution in [0.5, 0.6) is 0 Å². The van der Waals surface area contributed by atoms with Crippen LogP contribution < -0.4 is 5.73 Å². The molecule has 0 unspecified atom stereocenters. The molecule has 5 heteroatoms. The summed E-state index contributed by atoms with van der Waals surface area (Å²) in [6, 6.07) is 10.3. The maximum absolute atomic E-state index is 12.9. The van der Waals surface area contributed by atoms with E-state index in [4.69, 9.17) is 5.73 Å². The molecule has 19 heavy (non-hydrogen) atoms. The van der Waals surface area contributed by atoms with Crippen molar-refractivity contribution in [3.63, 3.8) is 0 Å². The van der Waals surface area contributed by atoms with Crippen LogP contribution in [0.2, 0.25) is 0 Å². The Morgan fingerprint density at radius 3 is 2.63 bits per heavy atom. The highest BCUT2D eigenvalue weighted by atomic mass is 32.1. The number of hydrogen-bond donors (Lipinski definition) is 2. The summed E-state index contributed by atoms with van der Waals surface area (Å²) in [6.45, 7) is 0.538.